The third-order valence-electron chi connectivity index (χ3n) is 5.19. The fourth-order valence-electron chi connectivity index (χ4n) is 3.61. The number of hydrogen-bond donors (Lipinski definition) is 0. The van der Waals surface area contributed by atoms with Crippen molar-refractivity contribution in [2.24, 2.45) is 0 Å². The van der Waals surface area contributed by atoms with Crippen LogP contribution in [0.4, 0.5) is 0 Å². The van der Waals surface area contributed by atoms with Crippen molar-refractivity contribution in [2.45, 2.75) is 5.16 Å². The number of nitrogens with zero attached hydrogens (tertiary/aromatic N) is 3. The smallest absolute Gasteiger partial charge is 0.196 e. The first kappa shape index (κ1) is 21.1. The number of aromatic nitrogens is 3. The molecule has 3 aromatic carbocycles. The van der Waals surface area contributed by atoms with Gasteiger partial charge in [-0.2, -0.15) is 0 Å². The largest absolute Gasteiger partial charge is 0.496 e. The van der Waals surface area contributed by atoms with Gasteiger partial charge < -0.3 is 14.2 Å². The number of Topliss-reactive ketones (excluding diaryl/α,β-unsaturated/α-hetero) is 1. The summed E-state index contributed by atoms with van der Waals surface area (Å²) in [5.74, 6) is 2.78. The molecule has 0 bridgehead atoms. The van der Waals surface area contributed by atoms with Crippen LogP contribution in [-0.2, 0) is 0 Å². The summed E-state index contributed by atoms with van der Waals surface area (Å²) >= 11 is 1.34. The second-order valence-corrected chi connectivity index (χ2v) is 8.19. The number of fused-ring (bicyclic) bond motifs is 1. The average Bonchev–Trinajstić information content (AvgIpc) is 3.31. The summed E-state index contributed by atoms with van der Waals surface area (Å²) in [4.78, 5) is 12.9. The van der Waals surface area contributed by atoms with E-state index in [0.29, 0.717) is 47.0 Å². The van der Waals surface area contributed by atoms with Crippen molar-refractivity contribution in [3.8, 4) is 34.3 Å². The lowest BCUT2D eigenvalue weighted by atomic mass is 10.1. The molecule has 0 N–H and O–H groups in total. The van der Waals surface area contributed by atoms with Crippen LogP contribution in [0.2, 0.25) is 0 Å². The lowest BCUT2D eigenvalue weighted by molar-refractivity contribution is 0.102. The molecule has 0 radical (unpaired) electrons. The predicted molar refractivity (Wildman–Crippen MR) is 126 cm³/mol. The summed E-state index contributed by atoms with van der Waals surface area (Å²) in [6.45, 7) is 0.991. The molecule has 5 rings (SSSR count). The van der Waals surface area contributed by atoms with Gasteiger partial charge in [-0.05, 0) is 42.5 Å². The third-order valence-corrected chi connectivity index (χ3v) is 6.12. The highest BCUT2D eigenvalue weighted by Gasteiger charge is 2.21. The van der Waals surface area contributed by atoms with Crippen molar-refractivity contribution in [1.29, 1.82) is 0 Å². The number of benzene rings is 3. The van der Waals surface area contributed by atoms with E-state index in [9.17, 15) is 4.79 Å². The summed E-state index contributed by atoms with van der Waals surface area (Å²) in [6.07, 6.45) is 0. The van der Waals surface area contributed by atoms with Gasteiger partial charge >= 0.3 is 0 Å². The molecular weight excluding hydrogens is 438 g/mol. The number of carbonyl (C=O) groups is 1. The minimum Gasteiger partial charge on any atom is -0.496 e. The van der Waals surface area contributed by atoms with Crippen LogP contribution in [0, 0.1) is 0 Å². The number of thioether (sulfide) groups is 1. The van der Waals surface area contributed by atoms with Crippen molar-refractivity contribution < 1.29 is 19.0 Å². The van der Waals surface area contributed by atoms with Gasteiger partial charge in [0.15, 0.2) is 28.3 Å². The maximum atomic E-state index is 12.9. The molecule has 4 aromatic rings. The minimum atomic E-state index is -0.0292. The van der Waals surface area contributed by atoms with Crippen LogP contribution < -0.4 is 14.2 Å². The van der Waals surface area contributed by atoms with E-state index >= 15 is 0 Å². The highest BCUT2D eigenvalue weighted by Crippen LogP contribution is 2.34. The van der Waals surface area contributed by atoms with Crippen molar-refractivity contribution in [1.82, 2.24) is 14.8 Å². The van der Waals surface area contributed by atoms with Crippen LogP contribution in [0.1, 0.15) is 10.4 Å². The minimum absolute atomic E-state index is 0.0292. The Labute approximate surface area is 195 Å². The van der Waals surface area contributed by atoms with Crippen molar-refractivity contribution >= 4 is 17.5 Å². The van der Waals surface area contributed by atoms with Gasteiger partial charge in [-0.1, -0.05) is 42.1 Å². The zero-order valence-electron chi connectivity index (χ0n) is 17.9. The lowest BCUT2D eigenvalue weighted by Crippen LogP contribution is -2.16. The first-order valence-electron chi connectivity index (χ1n) is 10.4. The first-order valence-corrected chi connectivity index (χ1v) is 11.4. The maximum absolute atomic E-state index is 12.9. The molecule has 0 aliphatic carbocycles. The normalized spacial score (nSPS) is 12.4. The van der Waals surface area contributed by atoms with Crippen molar-refractivity contribution in [3.63, 3.8) is 0 Å². The van der Waals surface area contributed by atoms with Crippen LogP contribution in [0.15, 0.2) is 78.0 Å². The lowest BCUT2D eigenvalue weighted by Gasteiger charge is -2.18. The summed E-state index contributed by atoms with van der Waals surface area (Å²) < 4.78 is 18.6. The number of hydrogen-bond acceptors (Lipinski definition) is 7. The highest BCUT2D eigenvalue weighted by atomic mass is 32.2. The molecule has 8 heteroatoms. The fourth-order valence-corrected chi connectivity index (χ4v) is 4.45. The number of ether oxygens (including phenoxy) is 3. The van der Waals surface area contributed by atoms with Crippen LogP contribution in [0.3, 0.4) is 0 Å². The van der Waals surface area contributed by atoms with Gasteiger partial charge in [-0.25, -0.2) is 0 Å². The van der Waals surface area contributed by atoms with E-state index in [0.717, 1.165) is 11.3 Å². The van der Waals surface area contributed by atoms with Crippen LogP contribution >= 0.6 is 11.8 Å². The van der Waals surface area contributed by atoms with E-state index in [1.54, 1.807) is 25.3 Å². The molecule has 1 aliphatic rings. The molecule has 0 saturated heterocycles. The van der Waals surface area contributed by atoms with Gasteiger partial charge in [0.1, 0.15) is 19.0 Å². The molecule has 0 fully saturated rings. The molecule has 2 heterocycles. The molecule has 0 saturated carbocycles. The zero-order chi connectivity index (χ0) is 22.6. The van der Waals surface area contributed by atoms with Crippen LogP contribution in [0.5, 0.6) is 17.2 Å². The molecular formula is C25H21N3O4S. The van der Waals surface area contributed by atoms with Gasteiger partial charge in [-0.15, -0.1) is 10.2 Å². The maximum Gasteiger partial charge on any atom is 0.196 e. The molecule has 33 heavy (non-hydrogen) atoms. The van der Waals surface area contributed by atoms with E-state index in [4.69, 9.17) is 14.2 Å². The zero-order valence-corrected chi connectivity index (χ0v) is 18.7. The number of carbonyl (C=O) groups excluding carboxylic acids is 1. The van der Waals surface area contributed by atoms with Crippen LogP contribution in [0.25, 0.3) is 17.1 Å². The molecule has 1 aliphatic heterocycles. The average molecular weight is 460 g/mol. The molecule has 0 unspecified atom stereocenters. The van der Waals surface area contributed by atoms with Gasteiger partial charge in [0.2, 0.25) is 0 Å². The Balaban J connectivity index is 1.45. The Morgan fingerprint density at radius 2 is 1.73 bits per heavy atom. The standard InChI is InChI=1S/C25H21N3O4S/c1-30-21-10-6-5-9-19(21)24-26-27-25(28(24)18-7-3-2-4-8-18)33-16-20(29)17-11-12-22-23(15-17)32-14-13-31-22/h2-12,15H,13-14,16H2,1H3. The Bertz CT molecular complexity index is 1290. The molecule has 7 nitrogen and oxygen atoms in total. The number of methoxy groups -OCH3 is 1. The Morgan fingerprint density at radius 3 is 2.55 bits per heavy atom. The third kappa shape index (κ3) is 4.29. The Kier molecular flexibility index (Phi) is 5.99. The van der Waals surface area contributed by atoms with E-state index < -0.39 is 0 Å². The van der Waals surface area contributed by atoms with E-state index in [1.165, 1.54) is 11.8 Å². The van der Waals surface area contributed by atoms with Gasteiger partial charge in [-0.3, -0.25) is 9.36 Å². The van der Waals surface area contributed by atoms with Crippen molar-refractivity contribution in [3.05, 3.63) is 78.4 Å². The first-order chi connectivity index (χ1) is 16.2. The molecule has 166 valence electrons. The number of ketones is 1. The summed E-state index contributed by atoms with van der Waals surface area (Å²) in [7, 11) is 1.63. The van der Waals surface area contributed by atoms with Gasteiger partial charge in [0, 0.05) is 11.3 Å². The monoisotopic (exact) mass is 459 g/mol. The number of para-hydroxylation sites is 2. The molecule has 0 atom stereocenters. The summed E-state index contributed by atoms with van der Waals surface area (Å²) in [5, 5.41) is 9.47. The Morgan fingerprint density at radius 1 is 0.970 bits per heavy atom. The molecule has 1 aromatic heterocycles. The van der Waals surface area contributed by atoms with E-state index in [-0.39, 0.29) is 11.5 Å². The van der Waals surface area contributed by atoms with Crippen LogP contribution in [-0.4, -0.2) is 46.6 Å². The van der Waals surface area contributed by atoms with Gasteiger partial charge in [0.05, 0.1) is 18.4 Å². The van der Waals surface area contributed by atoms with Gasteiger partial charge in [0.25, 0.3) is 0 Å². The molecule has 0 amide bonds. The quantitative estimate of drug-likeness (QED) is 0.293. The SMILES string of the molecule is COc1ccccc1-c1nnc(SCC(=O)c2ccc3c(c2)OCCO3)n1-c1ccccc1. The summed E-state index contributed by atoms with van der Waals surface area (Å²) in [5.41, 5.74) is 2.29. The second kappa shape index (κ2) is 9.38. The highest BCUT2D eigenvalue weighted by molar-refractivity contribution is 7.99. The van der Waals surface area contributed by atoms with E-state index in [2.05, 4.69) is 10.2 Å². The predicted octanol–water partition coefficient (Wildman–Crippen LogP) is 4.69. The molecule has 0 spiro atoms. The Hall–Kier alpha value is -3.78. The topological polar surface area (TPSA) is 75.5 Å². The fraction of sp³-hybridized carbons (Fsp3) is 0.160. The second-order valence-electron chi connectivity index (χ2n) is 7.25. The number of rotatable bonds is 7. The summed E-state index contributed by atoms with van der Waals surface area (Å²) in [6, 6.07) is 22.8. The van der Waals surface area contributed by atoms with E-state index in [1.807, 2.05) is 59.2 Å². The van der Waals surface area contributed by atoms with Crippen molar-refractivity contribution in [2.75, 3.05) is 26.1 Å².